The molecule has 0 aromatic carbocycles. The maximum Gasteiger partial charge on any atom is 0.253 e. The summed E-state index contributed by atoms with van der Waals surface area (Å²) in [5, 5.41) is 0.792. The third-order valence-corrected chi connectivity index (χ3v) is 1.71. The Balaban J connectivity index is 0.000000288. The van der Waals surface area contributed by atoms with Crippen LogP contribution in [0.3, 0.4) is 0 Å². The van der Waals surface area contributed by atoms with Crippen LogP contribution in [0.15, 0.2) is 0 Å². The Kier molecular flexibility index (Phi) is 7.39. The number of hydroxylamine groups is 2. The van der Waals surface area contributed by atoms with Gasteiger partial charge in [-0.1, -0.05) is 0 Å². The Hall–Kier alpha value is -1.27. The van der Waals surface area contributed by atoms with Crippen molar-refractivity contribution < 1.29 is 19.2 Å². The highest BCUT2D eigenvalue weighted by atomic mass is 16.7. The third-order valence-electron chi connectivity index (χ3n) is 1.71. The standard InChI is InChI=1S/C5H7NO3.C4H9NO/c1-9-6-4(7)2-3-5(6)8;5-3-1-2-4-6/h2-3H2,1H3;4H,1-3,5H2. The first-order chi connectivity index (χ1) is 7.17. The molecular formula is C9H16N2O4. The number of nitrogens with two attached hydrogens (primary N) is 1. The number of rotatable bonds is 4. The van der Waals surface area contributed by atoms with Crippen molar-refractivity contribution >= 4 is 18.1 Å². The van der Waals surface area contributed by atoms with Gasteiger partial charge in [0.2, 0.25) is 0 Å². The lowest BCUT2D eigenvalue weighted by Gasteiger charge is -2.07. The predicted molar refractivity (Wildman–Crippen MR) is 52.4 cm³/mol. The smallest absolute Gasteiger partial charge is 0.253 e. The molecule has 6 nitrogen and oxygen atoms in total. The summed E-state index contributed by atoms with van der Waals surface area (Å²) in [5.41, 5.74) is 5.06. The fourth-order valence-electron chi connectivity index (χ4n) is 0.961. The second kappa shape index (κ2) is 8.07. The minimum Gasteiger partial charge on any atom is -0.330 e. The van der Waals surface area contributed by atoms with Crippen LogP contribution in [0.4, 0.5) is 0 Å². The van der Waals surface area contributed by atoms with Crippen LogP contribution in [0.25, 0.3) is 0 Å². The molecule has 2 N–H and O–H groups in total. The van der Waals surface area contributed by atoms with E-state index in [0.29, 0.717) is 13.0 Å². The van der Waals surface area contributed by atoms with E-state index in [0.717, 1.165) is 17.8 Å². The minimum absolute atomic E-state index is 0.248. The number of hydrogen-bond acceptors (Lipinski definition) is 5. The number of hydrogen-bond donors (Lipinski definition) is 1. The fraction of sp³-hybridized carbons (Fsp3) is 0.667. The molecule has 1 fully saturated rings. The first-order valence-corrected chi connectivity index (χ1v) is 4.71. The van der Waals surface area contributed by atoms with Crippen molar-refractivity contribution in [2.24, 2.45) is 5.73 Å². The number of carbonyl (C=O) groups excluding carboxylic acids is 3. The van der Waals surface area contributed by atoms with Crippen molar-refractivity contribution in [2.75, 3.05) is 13.7 Å². The molecule has 0 unspecified atom stereocenters. The zero-order valence-electron chi connectivity index (χ0n) is 8.77. The van der Waals surface area contributed by atoms with Crippen LogP contribution in [-0.2, 0) is 19.2 Å². The monoisotopic (exact) mass is 216 g/mol. The molecule has 2 amide bonds. The lowest BCUT2D eigenvalue weighted by molar-refractivity contribution is -0.179. The van der Waals surface area contributed by atoms with Gasteiger partial charge >= 0.3 is 0 Å². The largest absolute Gasteiger partial charge is 0.330 e. The molecule has 0 aliphatic carbocycles. The van der Waals surface area contributed by atoms with Crippen molar-refractivity contribution in [3.8, 4) is 0 Å². The molecule has 0 atom stereocenters. The van der Waals surface area contributed by atoms with Gasteiger partial charge in [-0.3, -0.25) is 14.4 Å². The third kappa shape index (κ3) is 5.24. The van der Waals surface area contributed by atoms with Gasteiger partial charge in [-0.05, 0) is 13.0 Å². The Morgan fingerprint density at radius 3 is 2.13 bits per heavy atom. The highest BCUT2D eigenvalue weighted by molar-refractivity contribution is 6.00. The summed E-state index contributed by atoms with van der Waals surface area (Å²) >= 11 is 0. The van der Waals surface area contributed by atoms with E-state index in [-0.39, 0.29) is 24.7 Å². The molecule has 1 rings (SSSR count). The first kappa shape index (κ1) is 13.7. The van der Waals surface area contributed by atoms with Crippen LogP contribution in [0.5, 0.6) is 0 Å². The van der Waals surface area contributed by atoms with Gasteiger partial charge in [0, 0.05) is 19.3 Å². The van der Waals surface area contributed by atoms with Gasteiger partial charge in [0.05, 0.1) is 7.11 Å². The fourth-order valence-corrected chi connectivity index (χ4v) is 0.961. The van der Waals surface area contributed by atoms with E-state index >= 15 is 0 Å². The summed E-state index contributed by atoms with van der Waals surface area (Å²) in [7, 11) is 1.31. The summed E-state index contributed by atoms with van der Waals surface area (Å²) in [4.78, 5) is 35.2. The Labute approximate surface area is 88.3 Å². The number of carbonyl (C=O) groups is 3. The number of unbranched alkanes of at least 4 members (excludes halogenated alkanes) is 1. The van der Waals surface area contributed by atoms with Gasteiger partial charge in [0.1, 0.15) is 6.29 Å². The van der Waals surface area contributed by atoms with Crippen LogP contribution in [0.2, 0.25) is 0 Å². The van der Waals surface area contributed by atoms with Gasteiger partial charge in [0.25, 0.3) is 11.8 Å². The Morgan fingerprint density at radius 1 is 1.40 bits per heavy atom. The van der Waals surface area contributed by atoms with Crippen LogP contribution in [0, 0.1) is 0 Å². The van der Waals surface area contributed by atoms with Crippen molar-refractivity contribution in [3.63, 3.8) is 0 Å². The summed E-state index contributed by atoms with van der Waals surface area (Å²) in [6.45, 7) is 0.624. The number of aldehydes is 1. The average molecular weight is 216 g/mol. The van der Waals surface area contributed by atoms with Gasteiger partial charge in [-0.2, -0.15) is 5.06 Å². The predicted octanol–water partition coefficient (Wildman–Crippen LogP) is -0.379. The summed E-state index contributed by atoms with van der Waals surface area (Å²) < 4.78 is 0. The topological polar surface area (TPSA) is 89.7 Å². The number of nitrogens with zero attached hydrogens (tertiary/aromatic N) is 1. The molecule has 6 heteroatoms. The summed E-state index contributed by atoms with van der Waals surface area (Å²) in [5.74, 6) is -0.495. The van der Waals surface area contributed by atoms with E-state index in [2.05, 4.69) is 4.84 Å². The first-order valence-electron chi connectivity index (χ1n) is 4.71. The van der Waals surface area contributed by atoms with Gasteiger partial charge in [0.15, 0.2) is 0 Å². The van der Waals surface area contributed by atoms with Gasteiger partial charge < -0.3 is 10.5 Å². The van der Waals surface area contributed by atoms with Gasteiger partial charge in [-0.25, -0.2) is 0 Å². The molecule has 1 aliphatic heterocycles. The van der Waals surface area contributed by atoms with Crippen molar-refractivity contribution in [1.82, 2.24) is 5.06 Å². The summed E-state index contributed by atoms with van der Waals surface area (Å²) in [6, 6.07) is 0. The molecule has 0 saturated carbocycles. The Bertz CT molecular complexity index is 214. The van der Waals surface area contributed by atoms with Crippen LogP contribution in [-0.4, -0.2) is 36.8 Å². The van der Waals surface area contributed by atoms with E-state index in [1.165, 1.54) is 7.11 Å². The zero-order valence-corrected chi connectivity index (χ0v) is 8.77. The molecule has 0 aromatic heterocycles. The molecule has 1 saturated heterocycles. The van der Waals surface area contributed by atoms with E-state index in [4.69, 9.17) is 5.73 Å². The number of imide groups is 1. The molecule has 1 aliphatic rings. The molecule has 86 valence electrons. The Morgan fingerprint density at radius 2 is 1.93 bits per heavy atom. The maximum absolute atomic E-state index is 10.6. The quantitative estimate of drug-likeness (QED) is 0.393. The molecular weight excluding hydrogens is 200 g/mol. The van der Waals surface area contributed by atoms with E-state index in [1.54, 1.807) is 0 Å². The van der Waals surface area contributed by atoms with Crippen LogP contribution < -0.4 is 5.73 Å². The molecule has 0 spiro atoms. The SMILES string of the molecule is CON1C(=O)CCC1=O.NCCCC=O. The van der Waals surface area contributed by atoms with E-state index < -0.39 is 0 Å². The molecule has 0 radical (unpaired) electrons. The van der Waals surface area contributed by atoms with Gasteiger partial charge in [-0.15, -0.1) is 0 Å². The molecule has 1 heterocycles. The highest BCUT2D eigenvalue weighted by Crippen LogP contribution is 2.10. The summed E-state index contributed by atoms with van der Waals surface area (Å²) in [6.07, 6.45) is 2.88. The van der Waals surface area contributed by atoms with Crippen molar-refractivity contribution in [3.05, 3.63) is 0 Å². The number of amides is 2. The average Bonchev–Trinajstić information content (AvgIpc) is 2.56. The van der Waals surface area contributed by atoms with Crippen molar-refractivity contribution in [1.29, 1.82) is 0 Å². The van der Waals surface area contributed by atoms with E-state index in [9.17, 15) is 14.4 Å². The highest BCUT2D eigenvalue weighted by Gasteiger charge is 2.28. The normalized spacial score (nSPS) is 14.9. The second-order valence-electron chi connectivity index (χ2n) is 2.86. The van der Waals surface area contributed by atoms with E-state index in [1.807, 2.05) is 0 Å². The van der Waals surface area contributed by atoms with Crippen molar-refractivity contribution in [2.45, 2.75) is 25.7 Å². The lowest BCUT2D eigenvalue weighted by Crippen LogP contribution is -2.27. The molecule has 0 bridgehead atoms. The lowest BCUT2D eigenvalue weighted by atomic mass is 10.3. The second-order valence-corrected chi connectivity index (χ2v) is 2.86. The molecule has 0 aromatic rings. The maximum atomic E-state index is 10.6. The zero-order chi connectivity index (χ0) is 11.7. The minimum atomic E-state index is -0.248. The van der Waals surface area contributed by atoms with Crippen LogP contribution >= 0.6 is 0 Å². The molecule has 15 heavy (non-hydrogen) atoms. The van der Waals surface area contributed by atoms with Crippen LogP contribution in [0.1, 0.15) is 25.7 Å².